The summed E-state index contributed by atoms with van der Waals surface area (Å²) in [6, 6.07) is 1.03. The summed E-state index contributed by atoms with van der Waals surface area (Å²) in [6.07, 6.45) is 5.67. The molecule has 1 rings (SSSR count). The van der Waals surface area contributed by atoms with Gasteiger partial charge in [-0.3, -0.25) is 0 Å². The third-order valence-electron chi connectivity index (χ3n) is 3.82. The van der Waals surface area contributed by atoms with Crippen LogP contribution in [-0.2, 0) is 0 Å². The van der Waals surface area contributed by atoms with E-state index in [1.165, 1.54) is 12.8 Å². The largest absolute Gasteiger partial charge is 0.396 e. The minimum atomic E-state index is 0.0412. The Labute approximate surface area is 93.4 Å². The molecule has 0 spiro atoms. The molecule has 3 nitrogen and oxygen atoms in total. The lowest BCUT2D eigenvalue weighted by Gasteiger charge is -2.32. The van der Waals surface area contributed by atoms with Crippen LogP contribution in [0.5, 0.6) is 0 Å². The first-order valence-corrected chi connectivity index (χ1v) is 6.19. The molecule has 0 amide bonds. The van der Waals surface area contributed by atoms with Crippen molar-refractivity contribution in [1.82, 2.24) is 5.32 Å². The number of nitrogens with one attached hydrogen (secondary N) is 1. The number of aliphatic hydroxyl groups excluding tert-OH is 1. The third-order valence-corrected chi connectivity index (χ3v) is 3.82. The standard InChI is InChI=1S/C12H26N2O/c1-3-12(2,9-15)8-14-11-6-4-10(13)5-7-11/h10-11,14-15H,3-9,13H2,1-2H3. The fourth-order valence-electron chi connectivity index (χ4n) is 2.01. The average Bonchev–Trinajstić information content (AvgIpc) is 2.28. The van der Waals surface area contributed by atoms with Crippen LogP contribution >= 0.6 is 0 Å². The number of hydrogen-bond acceptors (Lipinski definition) is 3. The Hall–Kier alpha value is -0.120. The van der Waals surface area contributed by atoms with E-state index in [1.807, 2.05) is 0 Å². The van der Waals surface area contributed by atoms with Crippen molar-refractivity contribution >= 4 is 0 Å². The maximum atomic E-state index is 9.30. The maximum Gasteiger partial charge on any atom is 0.0496 e. The van der Waals surface area contributed by atoms with Crippen molar-refractivity contribution in [2.45, 2.75) is 58.0 Å². The van der Waals surface area contributed by atoms with Gasteiger partial charge in [-0.05, 0) is 32.1 Å². The zero-order chi connectivity index (χ0) is 11.3. The Morgan fingerprint density at radius 1 is 1.33 bits per heavy atom. The van der Waals surface area contributed by atoms with E-state index < -0.39 is 0 Å². The molecule has 1 aliphatic carbocycles. The van der Waals surface area contributed by atoms with Gasteiger partial charge in [0.05, 0.1) is 0 Å². The second kappa shape index (κ2) is 5.83. The van der Waals surface area contributed by atoms with E-state index in [9.17, 15) is 5.11 Å². The molecule has 0 bridgehead atoms. The lowest BCUT2D eigenvalue weighted by atomic mass is 9.86. The van der Waals surface area contributed by atoms with Crippen LogP contribution in [0.25, 0.3) is 0 Å². The van der Waals surface area contributed by atoms with Crippen LogP contribution in [0.4, 0.5) is 0 Å². The van der Waals surface area contributed by atoms with Gasteiger partial charge in [0.2, 0.25) is 0 Å². The second-order valence-electron chi connectivity index (χ2n) is 5.31. The van der Waals surface area contributed by atoms with Crippen molar-refractivity contribution in [3.63, 3.8) is 0 Å². The topological polar surface area (TPSA) is 58.3 Å². The highest BCUT2D eigenvalue weighted by Gasteiger charge is 2.24. The summed E-state index contributed by atoms with van der Waals surface area (Å²) in [5.74, 6) is 0. The molecule has 1 atom stereocenters. The summed E-state index contributed by atoms with van der Waals surface area (Å²) in [6.45, 7) is 5.45. The lowest BCUT2D eigenvalue weighted by molar-refractivity contribution is 0.128. The van der Waals surface area contributed by atoms with Crippen LogP contribution in [0.3, 0.4) is 0 Å². The normalized spacial score (nSPS) is 31.2. The molecule has 4 N–H and O–H groups in total. The molecule has 1 aliphatic rings. The molecule has 0 aliphatic heterocycles. The summed E-state index contributed by atoms with van der Waals surface area (Å²) in [5.41, 5.74) is 5.90. The predicted octanol–water partition coefficient (Wildman–Crippen LogP) is 1.25. The van der Waals surface area contributed by atoms with Gasteiger partial charge in [0.25, 0.3) is 0 Å². The SMILES string of the molecule is CCC(C)(CO)CNC1CCC(N)CC1. The van der Waals surface area contributed by atoms with Gasteiger partial charge >= 0.3 is 0 Å². The highest BCUT2D eigenvalue weighted by Crippen LogP contribution is 2.21. The fourth-order valence-corrected chi connectivity index (χ4v) is 2.01. The van der Waals surface area contributed by atoms with Crippen LogP contribution in [0.15, 0.2) is 0 Å². The van der Waals surface area contributed by atoms with Crippen molar-refractivity contribution in [3.05, 3.63) is 0 Å². The molecule has 1 unspecified atom stereocenters. The molecule has 0 aromatic carbocycles. The van der Waals surface area contributed by atoms with Crippen LogP contribution in [0.1, 0.15) is 46.0 Å². The Bertz CT molecular complexity index is 172. The molecular formula is C12H26N2O. The van der Waals surface area contributed by atoms with Gasteiger partial charge in [-0.25, -0.2) is 0 Å². The van der Waals surface area contributed by atoms with E-state index in [1.54, 1.807) is 0 Å². The predicted molar refractivity (Wildman–Crippen MR) is 63.7 cm³/mol. The summed E-state index contributed by atoms with van der Waals surface area (Å²) >= 11 is 0. The highest BCUT2D eigenvalue weighted by atomic mass is 16.3. The smallest absolute Gasteiger partial charge is 0.0496 e. The summed E-state index contributed by atoms with van der Waals surface area (Å²) in [5, 5.41) is 12.9. The highest BCUT2D eigenvalue weighted by molar-refractivity contribution is 4.82. The molecule has 90 valence electrons. The summed E-state index contributed by atoms with van der Waals surface area (Å²) < 4.78 is 0. The van der Waals surface area contributed by atoms with Crippen LogP contribution in [-0.4, -0.2) is 30.3 Å². The van der Waals surface area contributed by atoms with E-state index in [2.05, 4.69) is 19.2 Å². The van der Waals surface area contributed by atoms with Gasteiger partial charge in [0.1, 0.15) is 0 Å². The van der Waals surface area contributed by atoms with E-state index in [-0.39, 0.29) is 12.0 Å². The first-order chi connectivity index (χ1) is 7.09. The van der Waals surface area contributed by atoms with Crippen LogP contribution in [0, 0.1) is 5.41 Å². The number of aliphatic hydroxyl groups is 1. The number of rotatable bonds is 5. The molecule has 1 fully saturated rings. The minimum absolute atomic E-state index is 0.0412. The molecule has 0 aromatic heterocycles. The Morgan fingerprint density at radius 3 is 2.40 bits per heavy atom. The molecule has 0 heterocycles. The molecule has 0 aromatic rings. The molecule has 3 heteroatoms. The zero-order valence-corrected chi connectivity index (χ0v) is 10.1. The number of hydrogen-bond donors (Lipinski definition) is 3. The average molecular weight is 214 g/mol. The van der Waals surface area contributed by atoms with Crippen molar-refractivity contribution in [2.24, 2.45) is 11.1 Å². The molecular weight excluding hydrogens is 188 g/mol. The van der Waals surface area contributed by atoms with E-state index >= 15 is 0 Å². The van der Waals surface area contributed by atoms with Crippen LogP contribution in [0.2, 0.25) is 0 Å². The fraction of sp³-hybridized carbons (Fsp3) is 1.00. The molecule has 1 saturated carbocycles. The second-order valence-corrected chi connectivity index (χ2v) is 5.31. The Kier molecular flexibility index (Phi) is 5.03. The van der Waals surface area contributed by atoms with Crippen LogP contribution < -0.4 is 11.1 Å². The quantitative estimate of drug-likeness (QED) is 0.645. The molecule has 0 radical (unpaired) electrons. The zero-order valence-electron chi connectivity index (χ0n) is 10.1. The van der Waals surface area contributed by atoms with E-state index in [4.69, 9.17) is 5.73 Å². The first kappa shape index (κ1) is 12.9. The van der Waals surface area contributed by atoms with Crippen molar-refractivity contribution < 1.29 is 5.11 Å². The third kappa shape index (κ3) is 4.09. The maximum absolute atomic E-state index is 9.30. The van der Waals surface area contributed by atoms with Gasteiger partial charge < -0.3 is 16.2 Å². The Morgan fingerprint density at radius 2 is 1.93 bits per heavy atom. The van der Waals surface area contributed by atoms with Crippen molar-refractivity contribution in [1.29, 1.82) is 0 Å². The monoisotopic (exact) mass is 214 g/mol. The van der Waals surface area contributed by atoms with Crippen molar-refractivity contribution in [2.75, 3.05) is 13.2 Å². The Balaban J connectivity index is 2.24. The summed E-state index contributed by atoms with van der Waals surface area (Å²) in [7, 11) is 0. The van der Waals surface area contributed by atoms with Gasteiger partial charge in [0, 0.05) is 30.7 Å². The molecule has 15 heavy (non-hydrogen) atoms. The first-order valence-electron chi connectivity index (χ1n) is 6.19. The summed E-state index contributed by atoms with van der Waals surface area (Å²) in [4.78, 5) is 0. The van der Waals surface area contributed by atoms with Crippen molar-refractivity contribution in [3.8, 4) is 0 Å². The van der Waals surface area contributed by atoms with E-state index in [0.29, 0.717) is 12.1 Å². The van der Waals surface area contributed by atoms with Gasteiger partial charge in [-0.15, -0.1) is 0 Å². The molecule has 0 saturated heterocycles. The minimum Gasteiger partial charge on any atom is -0.396 e. The lowest BCUT2D eigenvalue weighted by Crippen LogP contribution is -2.43. The van der Waals surface area contributed by atoms with E-state index in [0.717, 1.165) is 25.8 Å². The number of nitrogens with two attached hydrogens (primary N) is 1. The van der Waals surface area contributed by atoms with Gasteiger partial charge in [-0.1, -0.05) is 13.8 Å². The van der Waals surface area contributed by atoms with Gasteiger partial charge in [0.15, 0.2) is 0 Å². The van der Waals surface area contributed by atoms with Gasteiger partial charge in [-0.2, -0.15) is 0 Å².